The highest BCUT2D eigenvalue weighted by atomic mass is 32.2. The summed E-state index contributed by atoms with van der Waals surface area (Å²) in [6.07, 6.45) is 2.71. The second-order valence-electron chi connectivity index (χ2n) is 7.83. The van der Waals surface area contributed by atoms with E-state index >= 15 is 0 Å². The van der Waals surface area contributed by atoms with E-state index in [1.54, 1.807) is 26.0 Å². The van der Waals surface area contributed by atoms with Gasteiger partial charge in [-0.05, 0) is 49.7 Å². The summed E-state index contributed by atoms with van der Waals surface area (Å²) in [5.74, 6) is -0.429. The van der Waals surface area contributed by atoms with Gasteiger partial charge >= 0.3 is 0 Å². The molecule has 0 saturated carbocycles. The molecule has 0 unspecified atom stereocenters. The number of likely N-dealkylation sites (tertiary alicyclic amines) is 1. The number of nitrogens with zero attached hydrogens (tertiary/aromatic N) is 3. The first-order valence-electron chi connectivity index (χ1n) is 10.7. The minimum Gasteiger partial charge on any atom is -0.353 e. The van der Waals surface area contributed by atoms with E-state index in [9.17, 15) is 18.0 Å². The van der Waals surface area contributed by atoms with Crippen molar-refractivity contribution in [3.8, 4) is 0 Å². The molecule has 0 aromatic heterocycles. The summed E-state index contributed by atoms with van der Waals surface area (Å²) in [5, 5.41) is 2.95. The van der Waals surface area contributed by atoms with E-state index in [1.165, 1.54) is 35.0 Å². The molecule has 2 aliphatic rings. The number of benzene rings is 1. The van der Waals surface area contributed by atoms with Crippen LogP contribution < -0.4 is 10.2 Å². The largest absolute Gasteiger partial charge is 0.353 e. The van der Waals surface area contributed by atoms with Crippen molar-refractivity contribution in [1.82, 2.24) is 14.5 Å². The number of carbonyl (C=O) groups excluding carboxylic acids is 2. The molecule has 0 radical (unpaired) electrons. The average molecular weight is 437 g/mol. The molecule has 1 N–H and O–H groups in total. The molecule has 30 heavy (non-hydrogen) atoms. The van der Waals surface area contributed by atoms with E-state index in [4.69, 9.17) is 0 Å². The van der Waals surface area contributed by atoms with Gasteiger partial charge in [-0.3, -0.25) is 14.5 Å². The highest BCUT2D eigenvalue weighted by molar-refractivity contribution is 7.89. The molecular formula is C21H32N4O4S. The molecule has 1 atom stereocenters. The molecule has 1 fully saturated rings. The Labute approximate surface area is 179 Å². The summed E-state index contributed by atoms with van der Waals surface area (Å²) in [5.41, 5.74) is 1.32. The van der Waals surface area contributed by atoms with Crippen molar-refractivity contribution < 1.29 is 18.0 Å². The Morgan fingerprint density at radius 1 is 1.17 bits per heavy atom. The van der Waals surface area contributed by atoms with Gasteiger partial charge in [-0.1, -0.05) is 13.8 Å². The Morgan fingerprint density at radius 2 is 1.83 bits per heavy atom. The number of amides is 2. The lowest BCUT2D eigenvalue weighted by atomic mass is 10.1. The molecular weight excluding hydrogens is 404 g/mol. The predicted molar refractivity (Wildman–Crippen MR) is 116 cm³/mol. The lowest BCUT2D eigenvalue weighted by Crippen LogP contribution is -2.48. The quantitative estimate of drug-likeness (QED) is 0.662. The number of rotatable bonds is 8. The van der Waals surface area contributed by atoms with E-state index in [2.05, 4.69) is 10.2 Å². The van der Waals surface area contributed by atoms with E-state index in [1.807, 2.05) is 0 Å². The molecule has 2 heterocycles. The first kappa shape index (κ1) is 22.7. The molecule has 8 nitrogen and oxygen atoms in total. The third-order valence-corrected chi connectivity index (χ3v) is 7.99. The number of sulfonamides is 1. The van der Waals surface area contributed by atoms with Crippen molar-refractivity contribution in [3.05, 3.63) is 23.8 Å². The standard InChI is InChI=1S/C21H32N4O4S/c1-4-24(5-2)30(28,29)18-8-9-19-17(14-18)15-20(25(19)16(3)26)21(27)22-10-13-23-11-6-7-12-23/h8-9,14,20H,4-7,10-13,15H2,1-3H3,(H,22,27)/t20-/m0/s1. The maximum absolute atomic E-state index is 12.9. The SMILES string of the molecule is CCN(CC)S(=O)(=O)c1ccc2c(c1)C[C@@H](C(=O)NCCN1CCCC1)N2C(C)=O. The van der Waals surface area contributed by atoms with Crippen molar-refractivity contribution in [2.45, 2.75) is 51.0 Å². The van der Waals surface area contributed by atoms with Crippen LogP contribution in [0.15, 0.2) is 23.1 Å². The van der Waals surface area contributed by atoms with Crippen molar-refractivity contribution in [2.75, 3.05) is 44.2 Å². The molecule has 9 heteroatoms. The Hall–Kier alpha value is -1.97. The predicted octanol–water partition coefficient (Wildman–Crippen LogP) is 1.21. The van der Waals surface area contributed by atoms with E-state index in [0.717, 1.165) is 19.6 Å². The molecule has 0 aliphatic carbocycles. The first-order valence-corrected chi connectivity index (χ1v) is 12.2. The lowest BCUT2D eigenvalue weighted by Gasteiger charge is -2.24. The van der Waals surface area contributed by atoms with Gasteiger partial charge in [-0.2, -0.15) is 4.31 Å². The highest BCUT2D eigenvalue weighted by Crippen LogP contribution is 2.34. The molecule has 1 saturated heterocycles. The van der Waals surface area contributed by atoms with Gasteiger partial charge in [0.25, 0.3) is 0 Å². The first-order chi connectivity index (χ1) is 14.3. The smallest absolute Gasteiger partial charge is 0.243 e. The number of anilines is 1. The third kappa shape index (κ3) is 4.53. The number of carbonyl (C=O) groups is 2. The van der Waals surface area contributed by atoms with Gasteiger partial charge in [-0.15, -0.1) is 0 Å². The van der Waals surface area contributed by atoms with Gasteiger partial charge in [0.15, 0.2) is 0 Å². The van der Waals surface area contributed by atoms with Gasteiger partial charge in [0.1, 0.15) is 6.04 Å². The molecule has 2 amide bonds. The van der Waals surface area contributed by atoms with Crippen molar-refractivity contribution in [3.63, 3.8) is 0 Å². The maximum atomic E-state index is 12.9. The summed E-state index contributed by atoms with van der Waals surface area (Å²) >= 11 is 0. The normalized spacial score (nSPS) is 19.3. The van der Waals surface area contributed by atoms with E-state index < -0.39 is 16.1 Å². The molecule has 2 aliphatic heterocycles. The fourth-order valence-electron chi connectivity index (χ4n) is 4.36. The molecule has 1 aromatic rings. The summed E-state index contributed by atoms with van der Waals surface area (Å²) < 4.78 is 27.1. The fourth-order valence-corrected chi connectivity index (χ4v) is 5.87. The summed E-state index contributed by atoms with van der Waals surface area (Å²) in [6, 6.07) is 4.12. The number of hydrogen-bond donors (Lipinski definition) is 1. The zero-order chi connectivity index (χ0) is 21.9. The molecule has 0 spiro atoms. The van der Waals surface area contributed by atoms with Crippen LogP contribution in [-0.2, 0) is 26.0 Å². The Morgan fingerprint density at radius 3 is 2.43 bits per heavy atom. The van der Waals surface area contributed by atoms with Crippen molar-refractivity contribution >= 4 is 27.5 Å². The van der Waals surface area contributed by atoms with E-state index in [-0.39, 0.29) is 16.7 Å². The average Bonchev–Trinajstić information content (AvgIpc) is 3.35. The molecule has 0 bridgehead atoms. The van der Waals surface area contributed by atoms with Gasteiger partial charge in [-0.25, -0.2) is 8.42 Å². The van der Waals surface area contributed by atoms with Crippen molar-refractivity contribution in [1.29, 1.82) is 0 Å². The van der Waals surface area contributed by atoms with Gasteiger partial charge in [0.05, 0.1) is 4.90 Å². The minimum absolute atomic E-state index is 0.198. The zero-order valence-electron chi connectivity index (χ0n) is 18.1. The van der Waals surface area contributed by atoms with Crippen molar-refractivity contribution in [2.24, 2.45) is 0 Å². The fraction of sp³-hybridized carbons (Fsp3) is 0.619. The molecule has 166 valence electrons. The number of hydrogen-bond acceptors (Lipinski definition) is 5. The summed E-state index contributed by atoms with van der Waals surface area (Å²) in [7, 11) is -3.60. The summed E-state index contributed by atoms with van der Waals surface area (Å²) in [6.45, 7) is 9.27. The second-order valence-corrected chi connectivity index (χ2v) is 9.77. The Bertz CT molecular complexity index is 892. The van der Waals surface area contributed by atoms with Gasteiger partial charge in [0, 0.05) is 45.2 Å². The molecule has 1 aromatic carbocycles. The van der Waals surface area contributed by atoms with Crippen LogP contribution >= 0.6 is 0 Å². The van der Waals surface area contributed by atoms with Gasteiger partial charge in [0.2, 0.25) is 21.8 Å². The van der Waals surface area contributed by atoms with Crippen LogP contribution in [-0.4, -0.2) is 74.7 Å². The highest BCUT2D eigenvalue weighted by Gasteiger charge is 2.38. The topological polar surface area (TPSA) is 90.0 Å². The monoisotopic (exact) mass is 436 g/mol. The Balaban J connectivity index is 1.76. The summed E-state index contributed by atoms with van der Waals surface area (Å²) in [4.78, 5) is 29.1. The Kier molecular flexibility index (Phi) is 7.15. The van der Waals surface area contributed by atoms with Crippen LogP contribution in [0.3, 0.4) is 0 Å². The third-order valence-electron chi connectivity index (χ3n) is 5.95. The van der Waals surface area contributed by atoms with Gasteiger partial charge < -0.3 is 10.2 Å². The number of nitrogens with one attached hydrogen (secondary N) is 1. The van der Waals surface area contributed by atoms with Crippen LogP contribution in [0, 0.1) is 0 Å². The molecule has 3 rings (SSSR count). The number of fused-ring (bicyclic) bond motifs is 1. The maximum Gasteiger partial charge on any atom is 0.243 e. The van der Waals surface area contributed by atoms with Crippen LogP contribution in [0.2, 0.25) is 0 Å². The zero-order valence-corrected chi connectivity index (χ0v) is 18.9. The van der Waals surface area contributed by atoms with Crippen LogP contribution in [0.4, 0.5) is 5.69 Å². The van der Waals surface area contributed by atoms with Crippen LogP contribution in [0.5, 0.6) is 0 Å². The van der Waals surface area contributed by atoms with E-state index in [0.29, 0.717) is 37.3 Å². The van der Waals surface area contributed by atoms with Crippen LogP contribution in [0.25, 0.3) is 0 Å². The second kappa shape index (κ2) is 9.45. The minimum atomic E-state index is -3.60. The van der Waals surface area contributed by atoms with Crippen LogP contribution in [0.1, 0.15) is 39.2 Å². The lowest BCUT2D eigenvalue weighted by molar-refractivity contribution is -0.125.